The molecule has 0 heterocycles. The molecule has 0 aliphatic rings. The molecule has 0 amide bonds. The molecule has 0 aliphatic carbocycles. The highest BCUT2D eigenvalue weighted by molar-refractivity contribution is 7.90. The standard InChI is InChI=1S/C15H19N3O2S/c1-3-15(11-17)21(19,20)18-12(2)14-8-6-13(7-9-14)5-4-10-16/h6-9,12,15,18H,3,10,16H2,1-2H3. The Kier molecular flexibility index (Phi) is 6.39. The van der Waals surface area contributed by atoms with E-state index < -0.39 is 21.3 Å². The van der Waals surface area contributed by atoms with Crippen molar-refractivity contribution in [3.63, 3.8) is 0 Å². The van der Waals surface area contributed by atoms with E-state index in [0.717, 1.165) is 11.1 Å². The van der Waals surface area contributed by atoms with Crippen LogP contribution in [-0.2, 0) is 10.0 Å². The maximum absolute atomic E-state index is 12.0. The van der Waals surface area contributed by atoms with Crippen LogP contribution in [0, 0.1) is 23.2 Å². The van der Waals surface area contributed by atoms with Gasteiger partial charge in [0, 0.05) is 11.6 Å². The van der Waals surface area contributed by atoms with Crippen LogP contribution in [0.15, 0.2) is 24.3 Å². The number of sulfonamides is 1. The molecule has 112 valence electrons. The second kappa shape index (κ2) is 7.80. The van der Waals surface area contributed by atoms with E-state index in [0.29, 0.717) is 6.54 Å². The van der Waals surface area contributed by atoms with Gasteiger partial charge in [-0.1, -0.05) is 30.9 Å². The molecule has 3 N–H and O–H groups in total. The number of nitrogens with two attached hydrogens (primary N) is 1. The van der Waals surface area contributed by atoms with E-state index in [1.807, 2.05) is 12.1 Å². The van der Waals surface area contributed by atoms with Crippen molar-refractivity contribution >= 4 is 10.0 Å². The third-order valence-electron chi connectivity index (χ3n) is 2.98. The number of hydrogen-bond donors (Lipinski definition) is 2. The van der Waals surface area contributed by atoms with Crippen LogP contribution in [0.2, 0.25) is 0 Å². The SMILES string of the molecule is CCC(C#N)S(=O)(=O)NC(C)c1ccc(C#CCN)cc1. The van der Waals surface area contributed by atoms with Crippen LogP contribution in [-0.4, -0.2) is 20.2 Å². The van der Waals surface area contributed by atoms with Gasteiger partial charge in [0.2, 0.25) is 10.0 Å². The summed E-state index contributed by atoms with van der Waals surface area (Å²) in [6.45, 7) is 3.70. The van der Waals surface area contributed by atoms with Crippen LogP contribution in [0.1, 0.15) is 37.4 Å². The number of benzene rings is 1. The largest absolute Gasteiger partial charge is 0.320 e. The van der Waals surface area contributed by atoms with E-state index in [2.05, 4.69) is 16.6 Å². The molecule has 0 aliphatic heterocycles. The molecular formula is C15H19N3O2S. The summed E-state index contributed by atoms with van der Waals surface area (Å²) >= 11 is 0. The summed E-state index contributed by atoms with van der Waals surface area (Å²) in [5, 5.41) is 7.84. The minimum Gasteiger partial charge on any atom is -0.320 e. The zero-order valence-corrected chi connectivity index (χ0v) is 12.9. The summed E-state index contributed by atoms with van der Waals surface area (Å²) in [6, 6.07) is 8.63. The maximum Gasteiger partial charge on any atom is 0.228 e. The Balaban J connectivity index is 2.85. The highest BCUT2D eigenvalue weighted by atomic mass is 32.2. The highest BCUT2D eigenvalue weighted by Crippen LogP contribution is 2.16. The quantitative estimate of drug-likeness (QED) is 0.801. The lowest BCUT2D eigenvalue weighted by Crippen LogP contribution is -2.34. The Morgan fingerprint density at radius 3 is 2.43 bits per heavy atom. The maximum atomic E-state index is 12.0. The highest BCUT2D eigenvalue weighted by Gasteiger charge is 2.25. The third-order valence-corrected chi connectivity index (χ3v) is 4.85. The molecule has 21 heavy (non-hydrogen) atoms. The number of nitrogens with one attached hydrogen (secondary N) is 1. The lowest BCUT2D eigenvalue weighted by atomic mass is 10.1. The second-order valence-corrected chi connectivity index (χ2v) is 6.43. The Morgan fingerprint density at radius 2 is 1.95 bits per heavy atom. The predicted octanol–water partition coefficient (Wildman–Crippen LogP) is 1.28. The summed E-state index contributed by atoms with van der Waals surface area (Å²) in [4.78, 5) is 0. The Hall–Kier alpha value is -1.86. The van der Waals surface area contributed by atoms with Crippen molar-refractivity contribution in [1.82, 2.24) is 4.72 Å². The van der Waals surface area contributed by atoms with E-state index >= 15 is 0 Å². The Morgan fingerprint density at radius 1 is 1.33 bits per heavy atom. The zero-order chi connectivity index (χ0) is 15.9. The molecule has 1 rings (SSSR count). The lowest BCUT2D eigenvalue weighted by Gasteiger charge is -2.16. The first kappa shape index (κ1) is 17.2. The van der Waals surface area contributed by atoms with E-state index in [4.69, 9.17) is 11.0 Å². The number of nitrogens with zero attached hydrogens (tertiary/aromatic N) is 1. The molecule has 0 saturated heterocycles. The van der Waals surface area contributed by atoms with E-state index in [1.165, 1.54) is 0 Å². The molecule has 0 spiro atoms. The van der Waals surface area contributed by atoms with Gasteiger partial charge in [-0.3, -0.25) is 0 Å². The molecular weight excluding hydrogens is 286 g/mol. The van der Waals surface area contributed by atoms with Gasteiger partial charge in [0.25, 0.3) is 0 Å². The van der Waals surface area contributed by atoms with Gasteiger partial charge in [0.15, 0.2) is 5.25 Å². The first-order chi connectivity index (χ1) is 9.94. The van der Waals surface area contributed by atoms with Crippen molar-refractivity contribution in [1.29, 1.82) is 5.26 Å². The fraction of sp³-hybridized carbons (Fsp3) is 0.400. The van der Waals surface area contributed by atoms with Crippen molar-refractivity contribution in [3.05, 3.63) is 35.4 Å². The average molecular weight is 305 g/mol. The molecule has 0 radical (unpaired) electrons. The van der Waals surface area contributed by atoms with Crippen LogP contribution in [0.4, 0.5) is 0 Å². The van der Waals surface area contributed by atoms with E-state index in [9.17, 15) is 8.42 Å². The molecule has 0 bridgehead atoms. The average Bonchev–Trinajstić information content (AvgIpc) is 2.46. The molecule has 0 saturated carbocycles. The Bertz CT molecular complexity index is 664. The first-order valence-electron chi connectivity index (χ1n) is 6.64. The summed E-state index contributed by atoms with van der Waals surface area (Å²) in [5.41, 5.74) is 6.93. The van der Waals surface area contributed by atoms with Crippen LogP contribution in [0.3, 0.4) is 0 Å². The number of rotatable bonds is 5. The zero-order valence-electron chi connectivity index (χ0n) is 12.1. The van der Waals surface area contributed by atoms with Crippen LogP contribution >= 0.6 is 0 Å². The smallest absolute Gasteiger partial charge is 0.228 e. The predicted molar refractivity (Wildman–Crippen MR) is 82.5 cm³/mol. The number of nitriles is 1. The molecule has 1 aromatic rings. The molecule has 6 heteroatoms. The summed E-state index contributed by atoms with van der Waals surface area (Å²) in [6.07, 6.45) is 0.256. The van der Waals surface area contributed by atoms with Crippen molar-refractivity contribution < 1.29 is 8.42 Å². The van der Waals surface area contributed by atoms with Gasteiger partial charge in [0.1, 0.15) is 0 Å². The van der Waals surface area contributed by atoms with Crippen molar-refractivity contribution in [3.8, 4) is 17.9 Å². The molecule has 0 fully saturated rings. The van der Waals surface area contributed by atoms with Crippen molar-refractivity contribution in [2.45, 2.75) is 31.6 Å². The fourth-order valence-corrected chi connectivity index (χ4v) is 3.16. The molecule has 2 atom stereocenters. The normalized spacial score (nSPS) is 13.6. The monoisotopic (exact) mass is 305 g/mol. The van der Waals surface area contributed by atoms with E-state index in [1.54, 1.807) is 32.0 Å². The van der Waals surface area contributed by atoms with Gasteiger partial charge < -0.3 is 5.73 Å². The third kappa shape index (κ3) is 4.87. The van der Waals surface area contributed by atoms with Gasteiger partial charge >= 0.3 is 0 Å². The van der Waals surface area contributed by atoms with Crippen LogP contribution < -0.4 is 10.5 Å². The molecule has 1 aromatic carbocycles. The number of hydrogen-bond acceptors (Lipinski definition) is 4. The summed E-state index contributed by atoms with van der Waals surface area (Å²) < 4.78 is 26.6. The molecule has 5 nitrogen and oxygen atoms in total. The lowest BCUT2D eigenvalue weighted by molar-refractivity contribution is 0.558. The first-order valence-corrected chi connectivity index (χ1v) is 8.18. The van der Waals surface area contributed by atoms with Gasteiger partial charge in [-0.15, -0.1) is 0 Å². The van der Waals surface area contributed by atoms with Gasteiger partial charge in [-0.25, -0.2) is 13.1 Å². The summed E-state index contributed by atoms with van der Waals surface area (Å²) in [5.74, 6) is 5.65. The molecule has 2 unspecified atom stereocenters. The van der Waals surface area contributed by atoms with Crippen molar-refractivity contribution in [2.24, 2.45) is 5.73 Å². The fourth-order valence-electron chi connectivity index (χ4n) is 1.78. The second-order valence-electron chi connectivity index (χ2n) is 4.54. The van der Waals surface area contributed by atoms with Crippen molar-refractivity contribution in [2.75, 3.05) is 6.54 Å². The Labute approximate surface area is 126 Å². The minimum absolute atomic E-state index is 0.256. The van der Waals surface area contributed by atoms with Gasteiger partial charge in [-0.05, 0) is 31.0 Å². The van der Waals surface area contributed by atoms with Gasteiger partial charge in [0.05, 0.1) is 12.6 Å². The molecule has 0 aromatic heterocycles. The van der Waals surface area contributed by atoms with Crippen LogP contribution in [0.5, 0.6) is 0 Å². The topological polar surface area (TPSA) is 96.0 Å². The van der Waals surface area contributed by atoms with Gasteiger partial charge in [-0.2, -0.15) is 5.26 Å². The van der Waals surface area contributed by atoms with Crippen LogP contribution in [0.25, 0.3) is 0 Å². The summed E-state index contributed by atoms with van der Waals surface area (Å²) in [7, 11) is -3.65. The minimum atomic E-state index is -3.65. The van der Waals surface area contributed by atoms with E-state index in [-0.39, 0.29) is 6.42 Å².